The fourth-order valence-corrected chi connectivity index (χ4v) is 5.28. The molecule has 0 N–H and O–H groups in total. The third kappa shape index (κ3) is 5.18. The SMILES string of the molecule is CC(C)c1ccccc1CN1CCCN(C(=O)c2ccc(N3CC=Cc4ccccc43)cc2)CC1. The van der Waals surface area contributed by atoms with E-state index in [9.17, 15) is 4.79 Å². The molecule has 1 amide bonds. The topological polar surface area (TPSA) is 26.8 Å². The van der Waals surface area contributed by atoms with Crippen molar-refractivity contribution in [2.75, 3.05) is 37.6 Å². The molecule has 0 unspecified atom stereocenters. The maximum atomic E-state index is 13.3. The standard InChI is InChI=1S/C31H35N3O/c1-24(2)29-12-5-3-10-27(29)23-32-18-8-19-33(22-21-32)31(35)26-14-16-28(17-15-26)34-20-7-11-25-9-4-6-13-30(25)34/h3-7,9-17,24H,8,18-23H2,1-2H3. The Morgan fingerprint density at radius 2 is 1.63 bits per heavy atom. The van der Waals surface area contributed by atoms with E-state index in [0.29, 0.717) is 5.92 Å². The van der Waals surface area contributed by atoms with Gasteiger partial charge in [0.05, 0.1) is 0 Å². The van der Waals surface area contributed by atoms with Crippen LogP contribution in [0.25, 0.3) is 6.08 Å². The van der Waals surface area contributed by atoms with Crippen molar-refractivity contribution in [3.8, 4) is 0 Å². The first-order valence-corrected chi connectivity index (χ1v) is 12.8. The summed E-state index contributed by atoms with van der Waals surface area (Å²) in [6.45, 7) is 9.83. The molecule has 3 aromatic carbocycles. The van der Waals surface area contributed by atoms with E-state index in [0.717, 1.165) is 56.9 Å². The molecule has 3 aromatic rings. The van der Waals surface area contributed by atoms with Gasteiger partial charge in [-0.25, -0.2) is 0 Å². The predicted molar refractivity (Wildman–Crippen MR) is 145 cm³/mol. The summed E-state index contributed by atoms with van der Waals surface area (Å²) in [6.07, 6.45) is 5.36. The molecule has 0 bridgehead atoms. The molecule has 2 heterocycles. The molecule has 0 saturated carbocycles. The van der Waals surface area contributed by atoms with Crippen molar-refractivity contribution in [2.24, 2.45) is 0 Å². The minimum absolute atomic E-state index is 0.139. The van der Waals surface area contributed by atoms with Gasteiger partial charge in [-0.05, 0) is 59.4 Å². The Bertz CT molecular complexity index is 1200. The van der Waals surface area contributed by atoms with E-state index < -0.39 is 0 Å². The lowest BCUT2D eigenvalue weighted by molar-refractivity contribution is 0.0761. The molecule has 0 aromatic heterocycles. The van der Waals surface area contributed by atoms with Crippen molar-refractivity contribution < 1.29 is 4.79 Å². The van der Waals surface area contributed by atoms with E-state index in [1.807, 2.05) is 17.0 Å². The normalized spacial score (nSPS) is 16.3. The van der Waals surface area contributed by atoms with Gasteiger partial charge in [-0.1, -0.05) is 68.5 Å². The second kappa shape index (κ2) is 10.5. The lowest BCUT2D eigenvalue weighted by Gasteiger charge is -2.28. The highest BCUT2D eigenvalue weighted by molar-refractivity contribution is 5.94. The number of rotatable bonds is 5. The Kier molecular flexibility index (Phi) is 7.01. The average molecular weight is 466 g/mol. The van der Waals surface area contributed by atoms with Crippen molar-refractivity contribution in [3.63, 3.8) is 0 Å². The molecule has 35 heavy (non-hydrogen) atoms. The monoisotopic (exact) mass is 465 g/mol. The molecule has 4 nitrogen and oxygen atoms in total. The van der Waals surface area contributed by atoms with E-state index in [-0.39, 0.29) is 5.91 Å². The van der Waals surface area contributed by atoms with Gasteiger partial charge in [-0.3, -0.25) is 9.69 Å². The van der Waals surface area contributed by atoms with Crippen LogP contribution < -0.4 is 4.90 Å². The predicted octanol–water partition coefficient (Wildman–Crippen LogP) is 6.32. The zero-order valence-electron chi connectivity index (χ0n) is 20.9. The van der Waals surface area contributed by atoms with Crippen LogP contribution in [0.3, 0.4) is 0 Å². The van der Waals surface area contributed by atoms with E-state index in [2.05, 4.69) is 96.5 Å². The molecule has 0 atom stereocenters. The van der Waals surface area contributed by atoms with Gasteiger partial charge >= 0.3 is 0 Å². The van der Waals surface area contributed by atoms with Crippen molar-refractivity contribution in [3.05, 3.63) is 101 Å². The van der Waals surface area contributed by atoms with Gasteiger partial charge < -0.3 is 9.80 Å². The number of fused-ring (bicyclic) bond motifs is 1. The smallest absolute Gasteiger partial charge is 0.253 e. The van der Waals surface area contributed by atoms with Gasteiger partial charge in [0.1, 0.15) is 0 Å². The van der Waals surface area contributed by atoms with Gasteiger partial charge in [-0.15, -0.1) is 0 Å². The first kappa shape index (κ1) is 23.4. The highest BCUT2D eigenvalue weighted by atomic mass is 16.2. The number of anilines is 2. The third-order valence-corrected chi connectivity index (χ3v) is 7.19. The van der Waals surface area contributed by atoms with Crippen LogP contribution in [0, 0.1) is 0 Å². The Balaban J connectivity index is 1.23. The first-order chi connectivity index (χ1) is 17.1. The van der Waals surface area contributed by atoms with Crippen LogP contribution >= 0.6 is 0 Å². The second-order valence-corrected chi connectivity index (χ2v) is 9.89. The Labute approximate surface area is 209 Å². The minimum atomic E-state index is 0.139. The van der Waals surface area contributed by atoms with E-state index in [1.165, 1.54) is 22.4 Å². The quantitative estimate of drug-likeness (QED) is 0.441. The fraction of sp³-hybridized carbons (Fsp3) is 0.323. The number of hydrogen-bond donors (Lipinski definition) is 0. The summed E-state index contributed by atoms with van der Waals surface area (Å²) in [4.78, 5) is 20.2. The minimum Gasteiger partial charge on any atom is -0.337 e. The van der Waals surface area contributed by atoms with Gasteiger partial charge in [0.2, 0.25) is 0 Å². The summed E-state index contributed by atoms with van der Waals surface area (Å²) in [5.74, 6) is 0.661. The third-order valence-electron chi connectivity index (χ3n) is 7.19. The lowest BCUT2D eigenvalue weighted by atomic mass is 9.97. The summed E-state index contributed by atoms with van der Waals surface area (Å²) in [7, 11) is 0. The molecule has 1 saturated heterocycles. The number of amides is 1. The van der Waals surface area contributed by atoms with Crippen LogP contribution in [0.1, 0.15) is 53.2 Å². The van der Waals surface area contributed by atoms with E-state index in [1.54, 1.807) is 0 Å². The largest absolute Gasteiger partial charge is 0.337 e. The van der Waals surface area contributed by atoms with Crippen LogP contribution in [0.15, 0.2) is 78.9 Å². The van der Waals surface area contributed by atoms with E-state index in [4.69, 9.17) is 0 Å². The molecule has 2 aliphatic rings. The zero-order chi connectivity index (χ0) is 24.2. The van der Waals surface area contributed by atoms with Crippen molar-refractivity contribution >= 4 is 23.4 Å². The summed E-state index contributed by atoms with van der Waals surface area (Å²) in [5, 5.41) is 0. The lowest BCUT2D eigenvalue weighted by Crippen LogP contribution is -2.35. The average Bonchev–Trinajstić information content (AvgIpc) is 3.14. The van der Waals surface area contributed by atoms with Crippen molar-refractivity contribution in [1.82, 2.24) is 9.80 Å². The molecule has 0 aliphatic carbocycles. The number of para-hydroxylation sites is 1. The maximum absolute atomic E-state index is 13.3. The Morgan fingerprint density at radius 3 is 2.46 bits per heavy atom. The van der Waals surface area contributed by atoms with Crippen LogP contribution in [-0.4, -0.2) is 48.4 Å². The number of carbonyl (C=O) groups is 1. The zero-order valence-corrected chi connectivity index (χ0v) is 20.9. The Hall–Kier alpha value is -3.37. The molecule has 2 aliphatic heterocycles. The first-order valence-electron chi connectivity index (χ1n) is 12.8. The van der Waals surface area contributed by atoms with Gasteiger partial charge in [-0.2, -0.15) is 0 Å². The molecule has 1 fully saturated rings. The molecule has 0 radical (unpaired) electrons. The van der Waals surface area contributed by atoms with Gasteiger partial charge in [0.25, 0.3) is 5.91 Å². The Morgan fingerprint density at radius 1 is 0.857 bits per heavy atom. The number of nitrogens with zero attached hydrogens (tertiary/aromatic N) is 3. The highest BCUT2D eigenvalue weighted by Gasteiger charge is 2.22. The number of hydrogen-bond acceptors (Lipinski definition) is 3. The molecular formula is C31H35N3O. The van der Waals surface area contributed by atoms with Crippen LogP contribution in [0.2, 0.25) is 0 Å². The van der Waals surface area contributed by atoms with Gasteiger partial charge in [0.15, 0.2) is 0 Å². The van der Waals surface area contributed by atoms with Gasteiger partial charge in [0, 0.05) is 56.2 Å². The van der Waals surface area contributed by atoms with Crippen LogP contribution in [0.4, 0.5) is 11.4 Å². The molecule has 4 heteroatoms. The van der Waals surface area contributed by atoms with Crippen LogP contribution in [-0.2, 0) is 6.54 Å². The molecule has 180 valence electrons. The molecule has 5 rings (SSSR count). The van der Waals surface area contributed by atoms with Crippen LogP contribution in [0.5, 0.6) is 0 Å². The second-order valence-electron chi connectivity index (χ2n) is 9.89. The summed E-state index contributed by atoms with van der Waals surface area (Å²) in [6, 6.07) is 25.3. The number of carbonyl (C=O) groups excluding carboxylic acids is 1. The number of benzene rings is 3. The summed E-state index contributed by atoms with van der Waals surface area (Å²) in [5.41, 5.74) is 7.16. The molecular weight excluding hydrogens is 430 g/mol. The summed E-state index contributed by atoms with van der Waals surface area (Å²) >= 11 is 0. The maximum Gasteiger partial charge on any atom is 0.253 e. The van der Waals surface area contributed by atoms with E-state index >= 15 is 0 Å². The highest BCUT2D eigenvalue weighted by Crippen LogP contribution is 2.32. The molecule has 0 spiro atoms. The van der Waals surface area contributed by atoms with Crippen molar-refractivity contribution in [1.29, 1.82) is 0 Å². The fourth-order valence-electron chi connectivity index (χ4n) is 5.28. The van der Waals surface area contributed by atoms with Crippen molar-refractivity contribution in [2.45, 2.75) is 32.7 Å². The summed E-state index contributed by atoms with van der Waals surface area (Å²) < 4.78 is 0.